The van der Waals surface area contributed by atoms with Crippen molar-refractivity contribution in [1.29, 1.82) is 0 Å². The molecule has 0 bridgehead atoms. The Kier molecular flexibility index (Phi) is 4.76. The summed E-state index contributed by atoms with van der Waals surface area (Å²) in [7, 11) is 0. The Hall–Kier alpha value is -3.67. The Bertz CT molecular complexity index is 1030. The average Bonchev–Trinajstić information content (AvgIpc) is 2.72. The minimum absolute atomic E-state index is 0.000270. The van der Waals surface area contributed by atoms with E-state index in [1.165, 1.54) is 6.20 Å². The van der Waals surface area contributed by atoms with Crippen molar-refractivity contribution in [3.8, 4) is 5.75 Å². The molecule has 140 valence electrons. The van der Waals surface area contributed by atoms with Crippen LogP contribution in [0.1, 0.15) is 21.5 Å². The van der Waals surface area contributed by atoms with Crippen molar-refractivity contribution in [1.82, 2.24) is 4.98 Å². The molecule has 28 heavy (non-hydrogen) atoms. The smallest absolute Gasteiger partial charge is 0.265 e. The second-order valence-corrected chi connectivity index (χ2v) is 6.57. The van der Waals surface area contributed by atoms with Crippen molar-refractivity contribution < 1.29 is 14.3 Å². The molecule has 2 aromatic carbocycles. The number of anilines is 2. The minimum atomic E-state index is -0.262. The lowest BCUT2D eigenvalue weighted by atomic mass is 10.1. The number of aromatic nitrogens is 1. The molecule has 0 atom stereocenters. The van der Waals surface area contributed by atoms with Crippen molar-refractivity contribution >= 4 is 23.2 Å². The summed E-state index contributed by atoms with van der Waals surface area (Å²) in [5.74, 6) is 0.237. The highest BCUT2D eigenvalue weighted by Crippen LogP contribution is 2.35. The Morgan fingerprint density at radius 2 is 2.04 bits per heavy atom. The van der Waals surface area contributed by atoms with E-state index in [1.807, 2.05) is 31.2 Å². The highest BCUT2D eigenvalue weighted by Gasteiger charge is 2.26. The summed E-state index contributed by atoms with van der Waals surface area (Å²) in [5.41, 5.74) is 3.87. The van der Waals surface area contributed by atoms with Crippen molar-refractivity contribution in [3.63, 3.8) is 0 Å². The zero-order valence-corrected chi connectivity index (χ0v) is 15.4. The van der Waals surface area contributed by atoms with Gasteiger partial charge in [0.2, 0.25) is 0 Å². The zero-order chi connectivity index (χ0) is 19.5. The lowest BCUT2D eigenvalue weighted by Gasteiger charge is -2.30. The summed E-state index contributed by atoms with van der Waals surface area (Å²) < 4.78 is 5.56. The van der Waals surface area contributed by atoms with Gasteiger partial charge in [-0.05, 0) is 48.4 Å². The second kappa shape index (κ2) is 7.52. The first-order valence-corrected chi connectivity index (χ1v) is 8.95. The molecule has 1 N–H and O–H groups in total. The van der Waals surface area contributed by atoms with Gasteiger partial charge in [0.05, 0.1) is 17.8 Å². The number of hydrogen-bond donors (Lipinski definition) is 1. The quantitative estimate of drug-likeness (QED) is 0.759. The molecule has 0 unspecified atom stereocenters. The molecule has 0 aliphatic carbocycles. The zero-order valence-electron chi connectivity index (χ0n) is 15.4. The number of hydrogen-bond acceptors (Lipinski definition) is 4. The van der Waals surface area contributed by atoms with E-state index in [4.69, 9.17) is 4.74 Å². The molecule has 4 rings (SSSR count). The molecule has 6 nitrogen and oxygen atoms in total. The highest BCUT2D eigenvalue weighted by molar-refractivity contribution is 6.05. The van der Waals surface area contributed by atoms with E-state index >= 15 is 0 Å². The third-order valence-corrected chi connectivity index (χ3v) is 4.67. The predicted octanol–water partition coefficient (Wildman–Crippen LogP) is 3.57. The van der Waals surface area contributed by atoms with Gasteiger partial charge >= 0.3 is 0 Å². The van der Waals surface area contributed by atoms with E-state index in [1.54, 1.807) is 41.4 Å². The van der Waals surface area contributed by atoms with Gasteiger partial charge in [-0.2, -0.15) is 0 Å². The van der Waals surface area contributed by atoms with Gasteiger partial charge < -0.3 is 15.0 Å². The standard InChI is InChI=1S/C22H19N3O3/c1-15-5-2-3-6-17(15)13-25-19-11-18(8-9-20(19)28-14-21(25)26)24-22(27)16-7-4-10-23-12-16/h2-12H,13-14H2,1H3,(H,24,27). The highest BCUT2D eigenvalue weighted by atomic mass is 16.5. The molecular weight excluding hydrogens is 354 g/mol. The van der Waals surface area contributed by atoms with Crippen LogP contribution in [-0.2, 0) is 11.3 Å². The molecule has 1 aliphatic heterocycles. The van der Waals surface area contributed by atoms with Crippen LogP contribution in [0.5, 0.6) is 5.75 Å². The van der Waals surface area contributed by atoms with Crippen LogP contribution in [0.4, 0.5) is 11.4 Å². The van der Waals surface area contributed by atoms with E-state index in [-0.39, 0.29) is 18.4 Å². The molecule has 1 aromatic heterocycles. The number of carbonyl (C=O) groups is 2. The molecule has 2 heterocycles. The lowest BCUT2D eigenvalue weighted by molar-refractivity contribution is -0.121. The fraction of sp³-hybridized carbons (Fsp3) is 0.136. The Morgan fingerprint density at radius 1 is 1.18 bits per heavy atom. The van der Waals surface area contributed by atoms with Crippen LogP contribution in [0.3, 0.4) is 0 Å². The van der Waals surface area contributed by atoms with Crippen molar-refractivity contribution in [3.05, 3.63) is 83.7 Å². The molecule has 0 saturated heterocycles. The lowest BCUT2D eigenvalue weighted by Crippen LogP contribution is -2.38. The summed E-state index contributed by atoms with van der Waals surface area (Å²) in [6.45, 7) is 2.47. The van der Waals surface area contributed by atoms with Gasteiger partial charge in [0, 0.05) is 18.1 Å². The van der Waals surface area contributed by atoms with Crippen molar-refractivity contribution in [2.24, 2.45) is 0 Å². The number of fused-ring (bicyclic) bond motifs is 1. The van der Waals surface area contributed by atoms with Gasteiger partial charge in [-0.15, -0.1) is 0 Å². The van der Waals surface area contributed by atoms with Gasteiger partial charge in [0.25, 0.3) is 11.8 Å². The van der Waals surface area contributed by atoms with E-state index in [0.717, 1.165) is 11.1 Å². The van der Waals surface area contributed by atoms with Crippen LogP contribution in [0.25, 0.3) is 0 Å². The average molecular weight is 373 g/mol. The van der Waals surface area contributed by atoms with Crippen LogP contribution in [0, 0.1) is 6.92 Å². The van der Waals surface area contributed by atoms with Crippen molar-refractivity contribution in [2.75, 3.05) is 16.8 Å². The number of ether oxygens (including phenoxy) is 1. The van der Waals surface area contributed by atoms with Gasteiger partial charge in [-0.3, -0.25) is 14.6 Å². The molecule has 0 saturated carbocycles. The van der Waals surface area contributed by atoms with Gasteiger partial charge in [-0.1, -0.05) is 24.3 Å². The number of pyridine rings is 1. The maximum Gasteiger partial charge on any atom is 0.265 e. The Balaban J connectivity index is 1.62. The number of carbonyl (C=O) groups excluding carboxylic acids is 2. The van der Waals surface area contributed by atoms with Gasteiger partial charge in [-0.25, -0.2) is 0 Å². The predicted molar refractivity (Wildman–Crippen MR) is 106 cm³/mol. The fourth-order valence-corrected chi connectivity index (χ4v) is 3.11. The van der Waals surface area contributed by atoms with E-state index in [9.17, 15) is 9.59 Å². The molecule has 0 fully saturated rings. The van der Waals surface area contributed by atoms with Crippen LogP contribution in [0.2, 0.25) is 0 Å². The molecule has 3 aromatic rings. The van der Waals surface area contributed by atoms with Crippen LogP contribution in [0.15, 0.2) is 67.0 Å². The summed E-state index contributed by atoms with van der Waals surface area (Å²) in [4.78, 5) is 30.6. The molecular formula is C22H19N3O3. The number of aryl methyl sites for hydroxylation is 1. The fourth-order valence-electron chi connectivity index (χ4n) is 3.11. The maximum atomic E-state index is 12.5. The molecule has 1 aliphatic rings. The Labute approximate surface area is 162 Å². The largest absolute Gasteiger partial charge is 0.482 e. The first-order valence-electron chi connectivity index (χ1n) is 8.95. The summed E-state index contributed by atoms with van der Waals surface area (Å²) in [5, 5.41) is 2.85. The van der Waals surface area contributed by atoms with E-state index < -0.39 is 0 Å². The molecule has 2 amide bonds. The summed E-state index contributed by atoms with van der Waals surface area (Å²) in [6, 6.07) is 16.6. The van der Waals surface area contributed by atoms with Crippen LogP contribution in [-0.4, -0.2) is 23.4 Å². The third-order valence-electron chi connectivity index (χ3n) is 4.67. The number of nitrogens with one attached hydrogen (secondary N) is 1. The third kappa shape index (κ3) is 3.57. The molecule has 6 heteroatoms. The van der Waals surface area contributed by atoms with Crippen LogP contribution < -0.4 is 15.0 Å². The van der Waals surface area contributed by atoms with E-state index in [0.29, 0.717) is 29.2 Å². The maximum absolute atomic E-state index is 12.5. The molecule has 0 radical (unpaired) electrons. The summed E-state index contributed by atoms with van der Waals surface area (Å²) in [6.07, 6.45) is 3.12. The second-order valence-electron chi connectivity index (χ2n) is 6.57. The number of benzene rings is 2. The first-order chi connectivity index (χ1) is 13.6. The topological polar surface area (TPSA) is 71.5 Å². The Morgan fingerprint density at radius 3 is 2.82 bits per heavy atom. The first kappa shape index (κ1) is 17.7. The SMILES string of the molecule is Cc1ccccc1CN1C(=O)COc2ccc(NC(=O)c3cccnc3)cc21. The van der Waals surface area contributed by atoms with Gasteiger partial charge in [0.1, 0.15) is 5.75 Å². The summed E-state index contributed by atoms with van der Waals surface area (Å²) >= 11 is 0. The number of rotatable bonds is 4. The normalized spacial score (nSPS) is 12.9. The minimum Gasteiger partial charge on any atom is -0.482 e. The molecule has 0 spiro atoms. The van der Waals surface area contributed by atoms with Crippen LogP contribution >= 0.6 is 0 Å². The number of nitrogens with zero attached hydrogens (tertiary/aromatic N) is 2. The number of amides is 2. The van der Waals surface area contributed by atoms with Crippen molar-refractivity contribution in [2.45, 2.75) is 13.5 Å². The monoisotopic (exact) mass is 373 g/mol. The van der Waals surface area contributed by atoms with E-state index in [2.05, 4.69) is 10.3 Å². The van der Waals surface area contributed by atoms with Gasteiger partial charge in [0.15, 0.2) is 6.61 Å².